The van der Waals surface area contributed by atoms with Gasteiger partial charge in [-0.3, -0.25) is 0 Å². The third-order valence-electron chi connectivity index (χ3n) is 7.80. The Morgan fingerprint density at radius 3 is 1.85 bits per heavy atom. The van der Waals surface area contributed by atoms with E-state index in [1.165, 1.54) is 16.4 Å². The average Bonchev–Trinajstić information content (AvgIpc) is 3.26. The maximum absolute atomic E-state index is 6.24. The summed E-state index contributed by atoms with van der Waals surface area (Å²) in [6, 6.07) is 10.5. The van der Waals surface area contributed by atoms with E-state index in [0.29, 0.717) is 0 Å². The van der Waals surface area contributed by atoms with Gasteiger partial charge in [0.2, 0.25) is 0 Å². The number of aromatic nitrogens is 1. The van der Waals surface area contributed by atoms with Crippen LogP contribution in [0.5, 0.6) is 0 Å². The van der Waals surface area contributed by atoms with E-state index in [0.717, 1.165) is 17.6 Å². The van der Waals surface area contributed by atoms with Gasteiger partial charge < -0.3 is 23.8 Å². The highest BCUT2D eigenvalue weighted by Crippen LogP contribution is 2.40. The highest BCUT2D eigenvalue weighted by Gasteiger charge is 2.52. The van der Waals surface area contributed by atoms with E-state index < -0.39 is 0 Å². The highest BCUT2D eigenvalue weighted by atomic mass is 16.7. The van der Waals surface area contributed by atoms with E-state index in [9.17, 15) is 0 Å². The molecular formula is C27H44BNO4. The van der Waals surface area contributed by atoms with Crippen LogP contribution in [-0.4, -0.2) is 48.7 Å². The Kier molecular flexibility index (Phi) is 8.34. The molecule has 1 aliphatic heterocycles. The minimum absolute atomic E-state index is 0.234. The number of benzene rings is 1. The quantitative estimate of drug-likeness (QED) is 0.484. The van der Waals surface area contributed by atoms with Gasteiger partial charge in [0.05, 0.1) is 22.4 Å². The highest BCUT2D eigenvalue weighted by molar-refractivity contribution is 6.56. The second-order valence-electron chi connectivity index (χ2n) is 10.8. The SMILES string of the molecule is CC/C(B1OC(C)(C)C(C)(C)O1)=C(/C)c1cc2ccccc2[nH]1.COC(C)(C)C(C)(C)OC. The van der Waals surface area contributed by atoms with Crippen molar-refractivity contribution in [3.63, 3.8) is 0 Å². The van der Waals surface area contributed by atoms with Crippen LogP contribution in [0, 0.1) is 0 Å². The molecule has 2 heterocycles. The van der Waals surface area contributed by atoms with E-state index in [2.05, 4.69) is 76.9 Å². The first-order valence-electron chi connectivity index (χ1n) is 11.9. The van der Waals surface area contributed by atoms with Gasteiger partial charge in [0.25, 0.3) is 0 Å². The van der Waals surface area contributed by atoms with Crippen LogP contribution in [0.15, 0.2) is 35.8 Å². The fraction of sp³-hybridized carbons (Fsp3) is 0.630. The van der Waals surface area contributed by atoms with Crippen molar-refractivity contribution in [3.05, 3.63) is 41.5 Å². The number of H-pyrrole nitrogens is 1. The number of aromatic amines is 1. The second-order valence-corrected chi connectivity index (χ2v) is 10.8. The van der Waals surface area contributed by atoms with Gasteiger partial charge in [-0.1, -0.05) is 25.1 Å². The molecule has 184 valence electrons. The number of ether oxygens (including phenoxy) is 2. The summed E-state index contributed by atoms with van der Waals surface area (Å²) in [4.78, 5) is 3.51. The number of hydrogen-bond acceptors (Lipinski definition) is 4. The molecule has 1 saturated heterocycles. The summed E-state index contributed by atoms with van der Waals surface area (Å²) in [7, 11) is 3.11. The van der Waals surface area contributed by atoms with E-state index in [1.807, 2.05) is 27.7 Å². The van der Waals surface area contributed by atoms with Crippen LogP contribution in [0.25, 0.3) is 16.5 Å². The first-order valence-corrected chi connectivity index (χ1v) is 11.9. The number of nitrogens with one attached hydrogen (secondary N) is 1. The molecule has 5 nitrogen and oxygen atoms in total. The van der Waals surface area contributed by atoms with Crippen LogP contribution in [-0.2, 0) is 18.8 Å². The average molecular weight is 457 g/mol. The van der Waals surface area contributed by atoms with Crippen molar-refractivity contribution in [2.45, 2.75) is 98.1 Å². The Morgan fingerprint density at radius 2 is 1.42 bits per heavy atom. The molecule has 1 aliphatic rings. The van der Waals surface area contributed by atoms with E-state index in [4.69, 9.17) is 18.8 Å². The van der Waals surface area contributed by atoms with Crippen molar-refractivity contribution in [1.29, 1.82) is 0 Å². The van der Waals surface area contributed by atoms with Crippen molar-refractivity contribution in [3.8, 4) is 0 Å². The Balaban J connectivity index is 0.000000328. The molecule has 0 atom stereocenters. The Morgan fingerprint density at radius 1 is 0.939 bits per heavy atom. The summed E-state index contributed by atoms with van der Waals surface area (Å²) in [6.07, 6.45) is 0.901. The number of allylic oxidation sites excluding steroid dienone is 2. The lowest BCUT2D eigenvalue weighted by Crippen LogP contribution is -2.48. The number of methoxy groups -OCH3 is 2. The van der Waals surface area contributed by atoms with Crippen molar-refractivity contribution in [2.24, 2.45) is 0 Å². The van der Waals surface area contributed by atoms with Gasteiger partial charge in [-0.2, -0.15) is 0 Å². The van der Waals surface area contributed by atoms with Crippen molar-refractivity contribution >= 4 is 23.6 Å². The van der Waals surface area contributed by atoms with Gasteiger partial charge >= 0.3 is 7.12 Å². The molecule has 0 spiro atoms. The monoisotopic (exact) mass is 457 g/mol. The van der Waals surface area contributed by atoms with Crippen molar-refractivity contribution in [1.82, 2.24) is 4.98 Å². The van der Waals surface area contributed by atoms with Crippen molar-refractivity contribution < 1.29 is 18.8 Å². The summed E-state index contributed by atoms with van der Waals surface area (Å²) in [5, 5.41) is 1.23. The van der Waals surface area contributed by atoms with Crippen LogP contribution in [0.1, 0.15) is 81.4 Å². The number of rotatable bonds is 6. The summed E-state index contributed by atoms with van der Waals surface area (Å²) in [6.45, 7) is 20.7. The summed E-state index contributed by atoms with van der Waals surface area (Å²) in [5.41, 5.74) is 3.63. The predicted molar refractivity (Wildman–Crippen MR) is 139 cm³/mol. The fourth-order valence-corrected chi connectivity index (χ4v) is 3.53. The second kappa shape index (κ2) is 9.95. The van der Waals surface area contributed by atoms with E-state index >= 15 is 0 Å². The molecule has 2 aromatic rings. The van der Waals surface area contributed by atoms with Crippen LogP contribution in [0.2, 0.25) is 0 Å². The van der Waals surface area contributed by atoms with Gasteiger partial charge in [0.15, 0.2) is 0 Å². The molecule has 0 saturated carbocycles. The molecule has 33 heavy (non-hydrogen) atoms. The molecule has 0 bridgehead atoms. The molecule has 6 heteroatoms. The molecule has 0 unspecified atom stereocenters. The standard InChI is InChI=1S/C19H26BNO2.C8H18O2/c1-7-15(20-22-18(3,4)19(5,6)23-20)13(2)17-12-14-10-8-9-11-16(14)21-17;1-7(2,9-5)8(3,4)10-6/h8-12,21H,7H2,1-6H3;1-6H3/b15-13+;. The van der Waals surface area contributed by atoms with Gasteiger partial charge in [-0.15, -0.1) is 0 Å². The lowest BCUT2D eigenvalue weighted by molar-refractivity contribution is -0.147. The zero-order chi connectivity index (χ0) is 25.2. The minimum atomic E-state index is -0.307. The smallest absolute Gasteiger partial charge is 0.400 e. The van der Waals surface area contributed by atoms with Crippen LogP contribution in [0.4, 0.5) is 0 Å². The fourth-order valence-electron chi connectivity index (χ4n) is 3.53. The molecular weight excluding hydrogens is 413 g/mol. The van der Waals surface area contributed by atoms with Crippen LogP contribution < -0.4 is 0 Å². The minimum Gasteiger partial charge on any atom is -0.400 e. The lowest BCUT2D eigenvalue weighted by atomic mass is 9.73. The third kappa shape index (κ3) is 5.73. The van der Waals surface area contributed by atoms with Gasteiger partial charge in [-0.25, -0.2) is 0 Å². The molecule has 1 aromatic heterocycles. The zero-order valence-electron chi connectivity index (χ0n) is 22.8. The van der Waals surface area contributed by atoms with Crippen LogP contribution >= 0.6 is 0 Å². The number of hydrogen-bond donors (Lipinski definition) is 1. The zero-order valence-corrected chi connectivity index (χ0v) is 22.8. The van der Waals surface area contributed by atoms with E-state index in [1.54, 1.807) is 14.2 Å². The Bertz CT molecular complexity index is 908. The Hall–Kier alpha value is -1.60. The topological polar surface area (TPSA) is 52.7 Å². The first kappa shape index (κ1) is 27.6. The molecule has 0 amide bonds. The normalized spacial score (nSPS) is 18.7. The molecule has 0 aliphatic carbocycles. The summed E-state index contributed by atoms with van der Waals surface area (Å²) >= 11 is 0. The molecule has 3 rings (SSSR count). The maximum Gasteiger partial charge on any atom is 0.490 e. The molecule has 1 N–H and O–H groups in total. The largest absolute Gasteiger partial charge is 0.490 e. The summed E-state index contributed by atoms with van der Waals surface area (Å²) in [5.74, 6) is 0. The molecule has 0 radical (unpaired) electrons. The van der Waals surface area contributed by atoms with E-state index in [-0.39, 0.29) is 29.5 Å². The predicted octanol–water partition coefficient (Wildman–Crippen LogP) is 6.82. The van der Waals surface area contributed by atoms with Gasteiger partial charge in [0, 0.05) is 25.4 Å². The molecule has 1 aromatic carbocycles. The van der Waals surface area contributed by atoms with Crippen LogP contribution in [0.3, 0.4) is 0 Å². The lowest BCUT2D eigenvalue weighted by Gasteiger charge is -2.38. The van der Waals surface area contributed by atoms with Crippen molar-refractivity contribution in [2.75, 3.05) is 14.2 Å². The Labute approximate surface area is 201 Å². The molecule has 1 fully saturated rings. The van der Waals surface area contributed by atoms with Gasteiger partial charge in [0.1, 0.15) is 0 Å². The maximum atomic E-state index is 6.24. The number of fused-ring (bicyclic) bond motifs is 1. The third-order valence-corrected chi connectivity index (χ3v) is 7.80. The van der Waals surface area contributed by atoms with Gasteiger partial charge in [-0.05, 0) is 97.3 Å². The number of para-hydroxylation sites is 1. The summed E-state index contributed by atoms with van der Waals surface area (Å²) < 4.78 is 23.0. The first-order chi connectivity index (χ1) is 15.1.